The van der Waals surface area contributed by atoms with E-state index in [9.17, 15) is 4.79 Å². The molecule has 144 valence electrons. The van der Waals surface area contributed by atoms with Crippen LogP contribution in [0.1, 0.15) is 24.3 Å². The Bertz CT molecular complexity index is 897. The van der Waals surface area contributed by atoms with Crippen LogP contribution < -0.4 is 5.32 Å². The topological polar surface area (TPSA) is 77.2 Å². The van der Waals surface area contributed by atoms with Gasteiger partial charge in [0, 0.05) is 26.4 Å². The summed E-state index contributed by atoms with van der Waals surface area (Å²) in [7, 11) is 1.58. The molecule has 0 aliphatic carbocycles. The van der Waals surface area contributed by atoms with E-state index in [0.717, 1.165) is 37.2 Å². The number of ether oxygens (including phenoxy) is 1. The summed E-state index contributed by atoms with van der Waals surface area (Å²) < 4.78 is 8.64. The minimum Gasteiger partial charge on any atom is -0.362 e. The SMILES string of the molecule is CCN(CC)CCn1c(NC(=O)c2ccn(COC)n2)nc2ccccc21. The first-order chi connectivity index (χ1) is 13.2. The second-order valence-corrected chi connectivity index (χ2v) is 6.21. The summed E-state index contributed by atoms with van der Waals surface area (Å²) in [5, 5.41) is 7.12. The van der Waals surface area contributed by atoms with Gasteiger partial charge in [0.15, 0.2) is 5.69 Å². The van der Waals surface area contributed by atoms with E-state index < -0.39 is 0 Å². The van der Waals surface area contributed by atoms with Gasteiger partial charge in [-0.3, -0.25) is 10.1 Å². The maximum Gasteiger partial charge on any atom is 0.278 e. The molecule has 0 fully saturated rings. The molecule has 8 heteroatoms. The monoisotopic (exact) mass is 370 g/mol. The van der Waals surface area contributed by atoms with Crippen molar-refractivity contribution < 1.29 is 9.53 Å². The Morgan fingerprint density at radius 2 is 2.00 bits per heavy atom. The van der Waals surface area contributed by atoms with Crippen LogP contribution >= 0.6 is 0 Å². The van der Waals surface area contributed by atoms with E-state index in [1.54, 1.807) is 24.1 Å². The summed E-state index contributed by atoms with van der Waals surface area (Å²) in [4.78, 5) is 19.6. The minimum atomic E-state index is -0.288. The number of nitrogens with zero attached hydrogens (tertiary/aromatic N) is 5. The first-order valence-corrected chi connectivity index (χ1v) is 9.17. The van der Waals surface area contributed by atoms with Gasteiger partial charge in [0.2, 0.25) is 5.95 Å². The van der Waals surface area contributed by atoms with Gasteiger partial charge in [-0.25, -0.2) is 9.67 Å². The summed E-state index contributed by atoms with van der Waals surface area (Å²) in [6.45, 7) is 8.21. The van der Waals surface area contributed by atoms with Crippen molar-refractivity contribution in [2.75, 3.05) is 32.1 Å². The zero-order chi connectivity index (χ0) is 19.2. The largest absolute Gasteiger partial charge is 0.362 e. The van der Waals surface area contributed by atoms with E-state index in [-0.39, 0.29) is 5.91 Å². The van der Waals surface area contributed by atoms with Crippen LogP contribution in [0, 0.1) is 0 Å². The van der Waals surface area contributed by atoms with Gasteiger partial charge < -0.3 is 14.2 Å². The van der Waals surface area contributed by atoms with Crippen LogP contribution in [0.15, 0.2) is 36.5 Å². The maximum absolute atomic E-state index is 12.6. The normalized spacial score (nSPS) is 11.4. The second-order valence-electron chi connectivity index (χ2n) is 6.21. The standard InChI is InChI=1S/C19H26N6O2/c1-4-23(5-2)12-13-25-17-9-7-6-8-15(17)20-19(25)21-18(26)16-10-11-24(22-16)14-27-3/h6-11H,4-5,12-14H2,1-3H3,(H,20,21,26). The van der Waals surface area contributed by atoms with Crippen LogP contribution in [-0.4, -0.2) is 56.9 Å². The predicted molar refractivity (Wildman–Crippen MR) is 105 cm³/mol. The van der Waals surface area contributed by atoms with Crippen LogP contribution in [0.4, 0.5) is 5.95 Å². The fraction of sp³-hybridized carbons (Fsp3) is 0.421. The summed E-state index contributed by atoms with van der Waals surface area (Å²) in [6, 6.07) is 9.56. The molecule has 0 saturated carbocycles. The smallest absolute Gasteiger partial charge is 0.278 e. The van der Waals surface area contributed by atoms with Crippen molar-refractivity contribution in [3.8, 4) is 0 Å². The van der Waals surface area contributed by atoms with Crippen LogP contribution in [0.2, 0.25) is 0 Å². The van der Waals surface area contributed by atoms with Gasteiger partial charge in [-0.15, -0.1) is 0 Å². The van der Waals surface area contributed by atoms with Crippen molar-refractivity contribution >= 4 is 22.9 Å². The fourth-order valence-corrected chi connectivity index (χ4v) is 3.03. The number of carbonyl (C=O) groups is 1. The molecule has 0 saturated heterocycles. The van der Waals surface area contributed by atoms with Crippen LogP contribution in [-0.2, 0) is 18.0 Å². The number of hydrogen-bond donors (Lipinski definition) is 1. The number of aromatic nitrogens is 4. The van der Waals surface area contributed by atoms with Gasteiger partial charge in [-0.1, -0.05) is 26.0 Å². The van der Waals surface area contributed by atoms with Crippen molar-refractivity contribution in [3.63, 3.8) is 0 Å². The van der Waals surface area contributed by atoms with E-state index in [4.69, 9.17) is 4.74 Å². The summed E-state index contributed by atoms with van der Waals surface area (Å²) in [5.41, 5.74) is 2.19. The number of fused-ring (bicyclic) bond motifs is 1. The molecule has 27 heavy (non-hydrogen) atoms. The lowest BCUT2D eigenvalue weighted by molar-refractivity contribution is 0.101. The Morgan fingerprint density at radius 1 is 1.22 bits per heavy atom. The second kappa shape index (κ2) is 8.79. The number of nitrogens with one attached hydrogen (secondary N) is 1. The van der Waals surface area contributed by atoms with Gasteiger partial charge in [-0.2, -0.15) is 5.10 Å². The highest BCUT2D eigenvalue weighted by Gasteiger charge is 2.16. The number of carbonyl (C=O) groups excluding carboxylic acids is 1. The zero-order valence-corrected chi connectivity index (χ0v) is 16.1. The third-order valence-electron chi connectivity index (χ3n) is 4.55. The van der Waals surface area contributed by atoms with E-state index in [1.165, 1.54) is 0 Å². The molecule has 0 spiro atoms. The first-order valence-electron chi connectivity index (χ1n) is 9.17. The molecule has 3 aromatic rings. The van der Waals surface area contributed by atoms with E-state index in [0.29, 0.717) is 18.4 Å². The summed E-state index contributed by atoms with van der Waals surface area (Å²) in [6.07, 6.45) is 1.71. The van der Waals surface area contributed by atoms with Gasteiger partial charge in [0.05, 0.1) is 11.0 Å². The Kier molecular flexibility index (Phi) is 6.20. The molecule has 0 bridgehead atoms. The average molecular weight is 370 g/mol. The van der Waals surface area contributed by atoms with Gasteiger partial charge >= 0.3 is 0 Å². The number of imidazole rings is 1. The minimum absolute atomic E-state index is 0.288. The lowest BCUT2D eigenvalue weighted by Gasteiger charge is -2.19. The Labute approximate surface area is 158 Å². The number of hydrogen-bond acceptors (Lipinski definition) is 5. The number of amides is 1. The highest BCUT2D eigenvalue weighted by atomic mass is 16.5. The molecule has 3 rings (SSSR count). The molecule has 1 amide bonds. The van der Waals surface area contributed by atoms with Crippen molar-refractivity contribution in [1.82, 2.24) is 24.2 Å². The predicted octanol–water partition coefficient (Wildman–Crippen LogP) is 2.43. The lowest BCUT2D eigenvalue weighted by Crippen LogP contribution is -2.27. The first kappa shape index (κ1) is 19.1. The average Bonchev–Trinajstić information content (AvgIpc) is 3.28. The lowest BCUT2D eigenvalue weighted by atomic mass is 10.3. The molecule has 0 unspecified atom stereocenters. The highest BCUT2D eigenvalue weighted by molar-refractivity contribution is 6.02. The van der Waals surface area contributed by atoms with E-state index in [2.05, 4.69) is 38.7 Å². The molecule has 0 radical (unpaired) electrons. The molecule has 0 atom stereocenters. The van der Waals surface area contributed by atoms with Crippen molar-refractivity contribution in [2.24, 2.45) is 0 Å². The summed E-state index contributed by atoms with van der Waals surface area (Å²) in [5.74, 6) is 0.249. The van der Waals surface area contributed by atoms with Crippen LogP contribution in [0.5, 0.6) is 0 Å². The number of likely N-dealkylation sites (N-methyl/N-ethyl adjacent to an activating group) is 1. The molecule has 1 N–H and O–H groups in total. The van der Waals surface area contributed by atoms with Crippen molar-refractivity contribution in [2.45, 2.75) is 27.1 Å². The summed E-state index contributed by atoms with van der Waals surface area (Å²) >= 11 is 0. The van der Waals surface area contributed by atoms with Crippen molar-refractivity contribution in [3.05, 3.63) is 42.2 Å². The van der Waals surface area contributed by atoms with E-state index >= 15 is 0 Å². The van der Waals surface area contributed by atoms with Gasteiger partial charge in [-0.05, 0) is 31.3 Å². The third kappa shape index (κ3) is 4.35. The quantitative estimate of drug-likeness (QED) is 0.626. The molecule has 8 nitrogen and oxygen atoms in total. The maximum atomic E-state index is 12.6. The molecule has 2 aromatic heterocycles. The van der Waals surface area contributed by atoms with Crippen LogP contribution in [0.25, 0.3) is 11.0 Å². The number of methoxy groups -OCH3 is 1. The molecular weight excluding hydrogens is 344 g/mol. The number of benzene rings is 1. The number of anilines is 1. The molecule has 0 aliphatic rings. The van der Waals surface area contributed by atoms with Gasteiger partial charge in [0.25, 0.3) is 5.91 Å². The van der Waals surface area contributed by atoms with E-state index in [1.807, 2.05) is 24.3 Å². The molecule has 0 aliphatic heterocycles. The Morgan fingerprint density at radius 3 is 2.74 bits per heavy atom. The van der Waals surface area contributed by atoms with Crippen LogP contribution in [0.3, 0.4) is 0 Å². The molecular formula is C19H26N6O2. The third-order valence-corrected chi connectivity index (χ3v) is 4.55. The highest BCUT2D eigenvalue weighted by Crippen LogP contribution is 2.20. The van der Waals surface area contributed by atoms with Gasteiger partial charge in [0.1, 0.15) is 6.73 Å². The number of rotatable bonds is 9. The zero-order valence-electron chi connectivity index (χ0n) is 16.1. The van der Waals surface area contributed by atoms with Crippen molar-refractivity contribution in [1.29, 1.82) is 0 Å². The molecule has 2 heterocycles. The fourth-order valence-electron chi connectivity index (χ4n) is 3.03. The Hall–Kier alpha value is -2.71. The molecule has 1 aromatic carbocycles. The number of para-hydroxylation sites is 2. The Balaban J connectivity index is 1.83.